The average molecular weight is 430 g/mol. The SMILES string of the molecule is O=S(=O)(NCCCc1ncn[nH]1)c1cc(Br)sc1Br. The number of hydrogen-bond donors (Lipinski definition) is 2. The first-order valence-electron chi connectivity index (χ1n) is 5.28. The molecule has 2 N–H and O–H groups in total. The lowest BCUT2D eigenvalue weighted by Crippen LogP contribution is -2.25. The Labute approximate surface area is 131 Å². The summed E-state index contributed by atoms with van der Waals surface area (Å²) in [5.41, 5.74) is 0. The molecule has 0 amide bonds. The highest BCUT2D eigenvalue weighted by molar-refractivity contribution is 9.12. The molecule has 10 heteroatoms. The summed E-state index contributed by atoms with van der Waals surface area (Å²) in [5.74, 6) is 0.749. The second-order valence-electron chi connectivity index (χ2n) is 3.62. The highest BCUT2D eigenvalue weighted by Gasteiger charge is 2.19. The van der Waals surface area contributed by atoms with Crippen LogP contribution in [0.5, 0.6) is 0 Å². The first-order valence-corrected chi connectivity index (χ1v) is 9.16. The Bertz CT molecular complexity index is 639. The summed E-state index contributed by atoms with van der Waals surface area (Å²) in [7, 11) is -3.47. The molecule has 2 aromatic heterocycles. The molecule has 0 spiro atoms. The predicted octanol–water partition coefficient (Wildman–Crippen LogP) is 2.30. The molecule has 0 aliphatic carbocycles. The number of aromatic amines is 1. The number of thiophene rings is 1. The molecule has 19 heavy (non-hydrogen) atoms. The quantitative estimate of drug-likeness (QED) is 0.689. The molecule has 6 nitrogen and oxygen atoms in total. The van der Waals surface area contributed by atoms with Gasteiger partial charge in [-0.15, -0.1) is 11.3 Å². The summed E-state index contributed by atoms with van der Waals surface area (Å²) in [5, 5.41) is 6.46. The maximum Gasteiger partial charge on any atom is 0.242 e. The van der Waals surface area contributed by atoms with Crippen molar-refractivity contribution in [3.05, 3.63) is 25.8 Å². The molecule has 0 atom stereocenters. The average Bonchev–Trinajstić information content (AvgIpc) is 2.94. The van der Waals surface area contributed by atoms with Crippen LogP contribution >= 0.6 is 43.2 Å². The van der Waals surface area contributed by atoms with Gasteiger partial charge in [-0.2, -0.15) is 5.10 Å². The van der Waals surface area contributed by atoms with Crippen LogP contribution in [-0.2, 0) is 16.4 Å². The van der Waals surface area contributed by atoms with Gasteiger partial charge in [0.15, 0.2) is 0 Å². The Kier molecular flexibility index (Phi) is 5.12. The smallest absolute Gasteiger partial charge is 0.242 e. The second kappa shape index (κ2) is 6.44. The number of nitrogens with zero attached hydrogens (tertiary/aromatic N) is 2. The zero-order chi connectivity index (χ0) is 13.9. The van der Waals surface area contributed by atoms with Crippen molar-refractivity contribution < 1.29 is 8.42 Å². The van der Waals surface area contributed by atoms with Crippen LogP contribution in [0.4, 0.5) is 0 Å². The Morgan fingerprint density at radius 2 is 2.21 bits per heavy atom. The van der Waals surface area contributed by atoms with Crippen LogP contribution < -0.4 is 4.72 Å². The first kappa shape index (κ1) is 15.1. The van der Waals surface area contributed by atoms with Crippen molar-refractivity contribution in [3.63, 3.8) is 0 Å². The maximum absolute atomic E-state index is 12.0. The Balaban J connectivity index is 1.89. The van der Waals surface area contributed by atoms with E-state index < -0.39 is 10.0 Å². The zero-order valence-electron chi connectivity index (χ0n) is 9.56. The van der Waals surface area contributed by atoms with E-state index in [1.54, 1.807) is 6.07 Å². The Morgan fingerprint density at radius 1 is 1.42 bits per heavy atom. The van der Waals surface area contributed by atoms with E-state index in [0.717, 1.165) is 9.61 Å². The number of aromatic nitrogens is 3. The minimum absolute atomic E-state index is 0.254. The molecule has 0 unspecified atom stereocenters. The molecule has 0 aromatic carbocycles. The van der Waals surface area contributed by atoms with E-state index in [4.69, 9.17) is 0 Å². The molecule has 0 bridgehead atoms. The standard InChI is InChI=1S/C9H10Br2N4O2S2/c10-7-4-6(9(11)18-7)19(16,17)14-3-1-2-8-12-5-13-15-8/h4-5,14H,1-3H2,(H,12,13,15). The van der Waals surface area contributed by atoms with E-state index in [1.165, 1.54) is 17.7 Å². The lowest BCUT2D eigenvalue weighted by molar-refractivity contribution is 0.578. The molecule has 0 aliphatic rings. The summed E-state index contributed by atoms with van der Waals surface area (Å²) >= 11 is 7.82. The molecule has 104 valence electrons. The van der Waals surface area contributed by atoms with Gasteiger partial charge in [-0.1, -0.05) is 0 Å². The predicted molar refractivity (Wildman–Crippen MR) is 79.6 cm³/mol. The van der Waals surface area contributed by atoms with Gasteiger partial charge in [0, 0.05) is 13.0 Å². The lowest BCUT2D eigenvalue weighted by Gasteiger charge is -2.04. The first-order chi connectivity index (χ1) is 8.99. The van der Waals surface area contributed by atoms with Crippen molar-refractivity contribution in [2.24, 2.45) is 0 Å². The number of nitrogens with one attached hydrogen (secondary N) is 2. The van der Waals surface area contributed by atoms with Crippen molar-refractivity contribution in [2.75, 3.05) is 6.54 Å². The van der Waals surface area contributed by atoms with Crippen molar-refractivity contribution in [3.8, 4) is 0 Å². The molecule has 0 aliphatic heterocycles. The third kappa shape index (κ3) is 4.09. The van der Waals surface area contributed by atoms with Crippen LogP contribution in [0.3, 0.4) is 0 Å². The molecule has 2 heterocycles. The van der Waals surface area contributed by atoms with Gasteiger partial charge >= 0.3 is 0 Å². The van der Waals surface area contributed by atoms with Crippen molar-refractivity contribution in [1.82, 2.24) is 19.9 Å². The molecule has 0 saturated heterocycles. The number of aryl methyl sites for hydroxylation is 1. The minimum atomic E-state index is -3.47. The van der Waals surface area contributed by atoms with Crippen LogP contribution in [-0.4, -0.2) is 30.1 Å². The second-order valence-corrected chi connectivity index (χ2v) is 9.11. The van der Waals surface area contributed by atoms with Crippen molar-refractivity contribution >= 4 is 53.2 Å². The van der Waals surface area contributed by atoms with Gasteiger partial charge in [0.2, 0.25) is 10.0 Å². The third-order valence-corrected chi connectivity index (χ3v) is 6.48. The Morgan fingerprint density at radius 3 is 2.79 bits per heavy atom. The summed E-state index contributed by atoms with van der Waals surface area (Å²) < 4.78 is 28.0. The van der Waals surface area contributed by atoms with E-state index in [9.17, 15) is 8.42 Å². The number of halogens is 2. The van der Waals surface area contributed by atoms with Crippen LogP contribution in [0.1, 0.15) is 12.2 Å². The van der Waals surface area contributed by atoms with Crippen molar-refractivity contribution in [1.29, 1.82) is 0 Å². The molecule has 2 aromatic rings. The van der Waals surface area contributed by atoms with Gasteiger partial charge in [0.05, 0.1) is 7.57 Å². The van der Waals surface area contributed by atoms with Crippen LogP contribution in [0, 0.1) is 0 Å². The molecular formula is C9H10Br2N4O2S2. The van der Waals surface area contributed by atoms with Crippen molar-refractivity contribution in [2.45, 2.75) is 17.7 Å². The fraction of sp³-hybridized carbons (Fsp3) is 0.333. The van der Waals surface area contributed by atoms with Crippen LogP contribution in [0.15, 0.2) is 24.9 Å². The topological polar surface area (TPSA) is 87.7 Å². The zero-order valence-corrected chi connectivity index (χ0v) is 14.4. The lowest BCUT2D eigenvalue weighted by atomic mass is 10.3. The summed E-state index contributed by atoms with van der Waals surface area (Å²) in [6.07, 6.45) is 2.73. The van der Waals surface area contributed by atoms with E-state index in [1.807, 2.05) is 0 Å². The molecule has 0 saturated carbocycles. The van der Waals surface area contributed by atoms with E-state index in [0.29, 0.717) is 23.2 Å². The number of sulfonamides is 1. The summed E-state index contributed by atoms with van der Waals surface area (Å²) in [4.78, 5) is 4.22. The number of hydrogen-bond acceptors (Lipinski definition) is 5. The largest absolute Gasteiger partial charge is 0.263 e. The monoisotopic (exact) mass is 428 g/mol. The maximum atomic E-state index is 12.0. The fourth-order valence-electron chi connectivity index (χ4n) is 1.40. The number of rotatable bonds is 6. The van der Waals surface area contributed by atoms with Gasteiger partial charge in [0.25, 0.3) is 0 Å². The highest BCUT2D eigenvalue weighted by Crippen LogP contribution is 2.34. The normalized spacial score (nSPS) is 11.9. The number of H-pyrrole nitrogens is 1. The van der Waals surface area contributed by atoms with E-state index >= 15 is 0 Å². The van der Waals surface area contributed by atoms with Crippen LogP contribution in [0.25, 0.3) is 0 Å². The Hall–Kier alpha value is -0.290. The molecule has 2 rings (SSSR count). The third-order valence-electron chi connectivity index (χ3n) is 2.26. The van der Waals surface area contributed by atoms with Gasteiger partial charge in [0.1, 0.15) is 17.0 Å². The minimum Gasteiger partial charge on any atom is -0.263 e. The van der Waals surface area contributed by atoms with Gasteiger partial charge < -0.3 is 0 Å². The fourth-order valence-corrected chi connectivity index (χ4v) is 6.28. The van der Waals surface area contributed by atoms with Gasteiger partial charge in [-0.05, 0) is 44.3 Å². The van der Waals surface area contributed by atoms with Gasteiger partial charge in [-0.25, -0.2) is 18.1 Å². The summed E-state index contributed by atoms with van der Waals surface area (Å²) in [6.45, 7) is 0.350. The summed E-state index contributed by atoms with van der Waals surface area (Å²) in [6, 6.07) is 1.58. The molecular weight excluding hydrogens is 420 g/mol. The molecule has 0 fully saturated rings. The van der Waals surface area contributed by atoms with Crippen LogP contribution in [0.2, 0.25) is 0 Å². The van der Waals surface area contributed by atoms with E-state index in [2.05, 4.69) is 51.8 Å². The molecule has 0 radical (unpaired) electrons. The van der Waals surface area contributed by atoms with E-state index in [-0.39, 0.29) is 4.90 Å². The highest BCUT2D eigenvalue weighted by atomic mass is 79.9. The van der Waals surface area contributed by atoms with Gasteiger partial charge in [-0.3, -0.25) is 5.10 Å².